The number of nitrogens with zero attached hydrogens (tertiary/aromatic N) is 2. The molecular weight excluding hydrogens is 498 g/mol. The molecule has 0 spiro atoms. The maximum atomic E-state index is 12.0. The Labute approximate surface area is 230 Å². The zero-order chi connectivity index (χ0) is 27.3. The number of nitrogens with two attached hydrogens (primary N) is 1. The van der Waals surface area contributed by atoms with Gasteiger partial charge in [0.1, 0.15) is 24.1 Å². The predicted molar refractivity (Wildman–Crippen MR) is 158 cm³/mol. The second kappa shape index (κ2) is 19.9. The average Bonchev–Trinajstić information content (AvgIpc) is 3.37. The number of thioether (sulfide) groups is 1. The molecule has 1 fully saturated rings. The van der Waals surface area contributed by atoms with Gasteiger partial charge in [0.2, 0.25) is 0 Å². The van der Waals surface area contributed by atoms with Crippen LogP contribution in [0.3, 0.4) is 0 Å². The molecule has 0 radical (unpaired) electrons. The van der Waals surface area contributed by atoms with Gasteiger partial charge in [0.05, 0.1) is 0 Å². The Balaban J connectivity index is 1.46. The van der Waals surface area contributed by atoms with Gasteiger partial charge >= 0.3 is 11.7 Å². The molecule has 2 atom stereocenters. The summed E-state index contributed by atoms with van der Waals surface area (Å²) in [5.74, 6) is 0.490. The smallest absolute Gasteiger partial charge is 0.351 e. The Morgan fingerprint density at radius 3 is 2.11 bits per heavy atom. The van der Waals surface area contributed by atoms with Gasteiger partial charge in [0.25, 0.3) is 0 Å². The maximum absolute atomic E-state index is 12.0. The maximum Gasteiger partial charge on any atom is 0.351 e. The monoisotopic (exact) mass is 539 g/mol. The van der Waals surface area contributed by atoms with E-state index in [1.807, 2.05) is 6.08 Å². The molecule has 2 N–H and O–H groups in total. The third-order valence-electron chi connectivity index (χ3n) is 5.39. The van der Waals surface area contributed by atoms with Crippen molar-refractivity contribution in [2.45, 2.75) is 70.0 Å². The number of allylic oxidation sites excluding steroid dienone is 12. The number of aromatic nitrogens is 2. The molecule has 0 bridgehead atoms. The van der Waals surface area contributed by atoms with Crippen molar-refractivity contribution in [1.29, 1.82) is 0 Å². The summed E-state index contributed by atoms with van der Waals surface area (Å²) < 4.78 is 12.5. The molecule has 1 aromatic heterocycles. The highest BCUT2D eigenvalue weighted by atomic mass is 32.2. The van der Waals surface area contributed by atoms with Crippen LogP contribution in [0.4, 0.5) is 5.82 Å². The molecule has 1 saturated heterocycles. The van der Waals surface area contributed by atoms with E-state index in [1.165, 1.54) is 16.3 Å². The number of nitrogen functional groups attached to an aromatic ring is 1. The molecule has 0 aliphatic carbocycles. The average molecular weight is 540 g/mol. The Hall–Kier alpha value is -3.10. The number of esters is 1. The van der Waals surface area contributed by atoms with E-state index in [0.717, 1.165) is 38.5 Å². The van der Waals surface area contributed by atoms with Crippen LogP contribution in [0.5, 0.6) is 0 Å². The van der Waals surface area contributed by atoms with Crippen LogP contribution in [0, 0.1) is 0 Å². The molecule has 0 amide bonds. The van der Waals surface area contributed by atoms with Crippen LogP contribution >= 0.6 is 11.8 Å². The van der Waals surface area contributed by atoms with Gasteiger partial charge in [-0.25, -0.2) is 4.79 Å². The molecule has 2 heterocycles. The second-order valence-corrected chi connectivity index (χ2v) is 9.73. The topological polar surface area (TPSA) is 96.4 Å². The number of rotatable bonds is 17. The van der Waals surface area contributed by atoms with Crippen LogP contribution in [0.2, 0.25) is 0 Å². The first-order valence-electron chi connectivity index (χ1n) is 13.3. The number of hydrogen-bond acceptors (Lipinski definition) is 7. The van der Waals surface area contributed by atoms with Gasteiger partial charge < -0.3 is 15.2 Å². The Bertz CT molecular complexity index is 1060. The normalized spacial score (nSPS) is 18.4. The van der Waals surface area contributed by atoms with Crippen LogP contribution in [0.15, 0.2) is 90.0 Å². The van der Waals surface area contributed by atoms with E-state index in [2.05, 4.69) is 78.7 Å². The van der Waals surface area contributed by atoms with Crippen molar-refractivity contribution >= 4 is 23.5 Å². The Kier molecular flexibility index (Phi) is 16.3. The highest BCUT2D eigenvalue weighted by Crippen LogP contribution is 2.31. The lowest BCUT2D eigenvalue weighted by Gasteiger charge is -2.14. The molecule has 206 valence electrons. The molecule has 1 aliphatic rings. The summed E-state index contributed by atoms with van der Waals surface area (Å²) in [4.78, 5) is 27.6. The van der Waals surface area contributed by atoms with Crippen molar-refractivity contribution in [1.82, 2.24) is 9.55 Å². The van der Waals surface area contributed by atoms with Gasteiger partial charge in [-0.15, -0.1) is 11.8 Å². The van der Waals surface area contributed by atoms with Gasteiger partial charge in [-0.05, 0) is 51.0 Å². The fourth-order valence-electron chi connectivity index (χ4n) is 3.40. The third kappa shape index (κ3) is 14.0. The highest BCUT2D eigenvalue weighted by molar-refractivity contribution is 8.00. The second-order valence-electron chi connectivity index (χ2n) is 8.53. The minimum absolute atomic E-state index is 0.154. The SMILES string of the molecule is CC/C=C\C/C=C\C/C=C\C/C=C\C/C=C\C/C=C\CCC(=O)OC[C@@H]1O[C@H](n2ccc(N)nc2=O)CS1. The van der Waals surface area contributed by atoms with Gasteiger partial charge in [0.15, 0.2) is 0 Å². The van der Waals surface area contributed by atoms with Crippen LogP contribution in [-0.4, -0.2) is 33.3 Å². The summed E-state index contributed by atoms with van der Waals surface area (Å²) in [6, 6.07) is 1.55. The lowest BCUT2D eigenvalue weighted by atomic mass is 10.2. The van der Waals surface area contributed by atoms with Crippen molar-refractivity contribution in [3.63, 3.8) is 0 Å². The lowest BCUT2D eigenvalue weighted by Crippen LogP contribution is -2.29. The predicted octanol–water partition coefficient (Wildman–Crippen LogP) is 6.43. The first-order chi connectivity index (χ1) is 18.6. The quantitative estimate of drug-likeness (QED) is 0.180. The summed E-state index contributed by atoms with van der Waals surface area (Å²) in [7, 11) is 0. The lowest BCUT2D eigenvalue weighted by molar-refractivity contribution is -0.146. The number of hydrogen-bond donors (Lipinski definition) is 1. The molecule has 0 unspecified atom stereocenters. The molecule has 0 aromatic carbocycles. The summed E-state index contributed by atoms with van der Waals surface area (Å²) in [6.45, 7) is 2.30. The molecule has 2 rings (SSSR count). The zero-order valence-electron chi connectivity index (χ0n) is 22.3. The Morgan fingerprint density at radius 1 is 1.00 bits per heavy atom. The molecule has 8 heteroatoms. The van der Waals surface area contributed by atoms with Gasteiger partial charge in [-0.1, -0.05) is 79.8 Å². The number of ether oxygens (including phenoxy) is 2. The van der Waals surface area contributed by atoms with Crippen molar-refractivity contribution in [3.8, 4) is 0 Å². The standard InChI is InChI=1S/C30H41N3O4S/c1-2-3-4-5-6-7-8-9-10-11-12-13-14-15-16-17-18-19-20-21-28(34)36-24-29-37-27(25-38-29)33-23-22-26(31)32-30(33)35/h3-4,6-7,9-10,12-13,15-16,18-19,22-23,27,29H,2,5,8,11,14,17,20-21,24-25H2,1H3,(H2,31,32,35)/b4-3-,7-6-,10-9-,13-12-,16-15-,19-18-/t27-,29+/m0/s1. The summed E-state index contributed by atoms with van der Waals surface area (Å²) >= 11 is 1.50. The van der Waals surface area contributed by atoms with Crippen molar-refractivity contribution in [3.05, 3.63) is 95.7 Å². The van der Waals surface area contributed by atoms with E-state index < -0.39 is 11.9 Å². The van der Waals surface area contributed by atoms with E-state index in [4.69, 9.17) is 15.2 Å². The molecule has 7 nitrogen and oxygen atoms in total. The summed E-state index contributed by atoms with van der Waals surface area (Å²) in [6.07, 6.45) is 33.8. The molecule has 1 aliphatic heterocycles. The van der Waals surface area contributed by atoms with Crippen LogP contribution < -0.4 is 11.4 Å². The minimum atomic E-state index is -0.454. The van der Waals surface area contributed by atoms with E-state index in [9.17, 15) is 9.59 Å². The number of carbonyl (C=O) groups is 1. The van der Waals surface area contributed by atoms with E-state index in [1.54, 1.807) is 12.3 Å². The summed E-state index contributed by atoms with van der Waals surface area (Å²) in [5.41, 5.74) is 4.76. The van der Waals surface area contributed by atoms with Crippen molar-refractivity contribution in [2.75, 3.05) is 18.1 Å². The first kappa shape index (κ1) is 31.1. The van der Waals surface area contributed by atoms with Gasteiger partial charge in [0, 0.05) is 18.4 Å². The Morgan fingerprint density at radius 2 is 1.55 bits per heavy atom. The number of carbonyl (C=O) groups excluding carboxylic acids is 1. The van der Waals surface area contributed by atoms with Crippen LogP contribution in [0.1, 0.15) is 64.5 Å². The van der Waals surface area contributed by atoms with Gasteiger partial charge in [-0.2, -0.15) is 4.98 Å². The van der Waals surface area contributed by atoms with Crippen molar-refractivity contribution in [2.24, 2.45) is 0 Å². The molecule has 0 saturated carbocycles. The fourth-order valence-corrected chi connectivity index (χ4v) is 4.39. The molecule has 38 heavy (non-hydrogen) atoms. The minimum Gasteiger partial charge on any atom is -0.462 e. The highest BCUT2D eigenvalue weighted by Gasteiger charge is 2.29. The van der Waals surface area contributed by atoms with Crippen LogP contribution in [-0.2, 0) is 14.3 Å². The number of anilines is 1. The van der Waals surface area contributed by atoms with Gasteiger partial charge in [-0.3, -0.25) is 9.36 Å². The molecule has 1 aromatic rings. The van der Waals surface area contributed by atoms with E-state index in [0.29, 0.717) is 18.6 Å². The van der Waals surface area contributed by atoms with E-state index >= 15 is 0 Å². The summed E-state index contributed by atoms with van der Waals surface area (Å²) in [5, 5.41) is 0. The zero-order valence-corrected chi connectivity index (χ0v) is 23.1. The largest absolute Gasteiger partial charge is 0.462 e. The third-order valence-corrected chi connectivity index (χ3v) is 6.48. The van der Waals surface area contributed by atoms with Crippen LogP contribution in [0.25, 0.3) is 0 Å². The first-order valence-corrected chi connectivity index (χ1v) is 14.3. The fraction of sp³-hybridized carbons (Fsp3) is 0.433. The van der Waals surface area contributed by atoms with E-state index in [-0.39, 0.29) is 23.8 Å². The molecular formula is C30H41N3O4S. The van der Waals surface area contributed by atoms with Crippen molar-refractivity contribution < 1.29 is 14.3 Å².